The van der Waals surface area contributed by atoms with Crippen molar-refractivity contribution in [2.45, 2.75) is 38.0 Å². The predicted octanol–water partition coefficient (Wildman–Crippen LogP) is 7.62. The van der Waals surface area contributed by atoms with E-state index < -0.39 is 0 Å². The van der Waals surface area contributed by atoms with Gasteiger partial charge in [0, 0.05) is 10.9 Å². The van der Waals surface area contributed by atoms with Crippen molar-refractivity contribution >= 4 is 10.9 Å². The van der Waals surface area contributed by atoms with Crippen LogP contribution >= 0.6 is 0 Å². The van der Waals surface area contributed by atoms with E-state index in [2.05, 4.69) is 78.9 Å². The molecule has 1 heteroatoms. The van der Waals surface area contributed by atoms with Gasteiger partial charge in [-0.05, 0) is 53.6 Å². The summed E-state index contributed by atoms with van der Waals surface area (Å²) in [4.78, 5) is 4.86. The largest absolute Gasteiger partial charge is 0.248 e. The van der Waals surface area contributed by atoms with Gasteiger partial charge in [0.15, 0.2) is 0 Å². The Morgan fingerprint density at radius 2 is 1.39 bits per heavy atom. The smallest absolute Gasteiger partial charge is 0.0709 e. The van der Waals surface area contributed by atoms with Crippen LogP contribution in [0.3, 0.4) is 0 Å². The molecule has 0 aliphatic heterocycles. The molecular formula is C27H25N. The summed E-state index contributed by atoms with van der Waals surface area (Å²) in [6.07, 6.45) is 6.87. The second-order valence-corrected chi connectivity index (χ2v) is 7.93. The fourth-order valence-electron chi connectivity index (χ4n) is 4.47. The van der Waals surface area contributed by atoms with E-state index >= 15 is 0 Å². The lowest BCUT2D eigenvalue weighted by Gasteiger charge is -2.22. The number of pyridine rings is 1. The van der Waals surface area contributed by atoms with E-state index in [0.29, 0.717) is 0 Å². The Morgan fingerprint density at radius 1 is 0.607 bits per heavy atom. The van der Waals surface area contributed by atoms with E-state index in [0.717, 1.165) is 17.1 Å². The fourth-order valence-corrected chi connectivity index (χ4v) is 4.47. The zero-order valence-corrected chi connectivity index (χ0v) is 16.1. The zero-order valence-electron chi connectivity index (χ0n) is 16.1. The lowest BCUT2D eigenvalue weighted by molar-refractivity contribution is 0.443. The summed E-state index contributed by atoms with van der Waals surface area (Å²) in [7, 11) is 0. The Hall–Kier alpha value is -2.93. The third kappa shape index (κ3) is 3.45. The molecular weight excluding hydrogens is 338 g/mol. The van der Waals surface area contributed by atoms with Gasteiger partial charge in [0.05, 0.1) is 11.2 Å². The first kappa shape index (κ1) is 17.2. The molecule has 1 fully saturated rings. The molecule has 1 nitrogen and oxygen atoms in total. The van der Waals surface area contributed by atoms with Crippen LogP contribution in [0.25, 0.3) is 33.3 Å². The molecule has 1 saturated carbocycles. The third-order valence-corrected chi connectivity index (χ3v) is 6.08. The maximum Gasteiger partial charge on any atom is 0.0709 e. The molecule has 0 radical (unpaired) electrons. The molecule has 0 atom stereocenters. The Kier molecular flexibility index (Phi) is 4.66. The number of rotatable bonds is 3. The van der Waals surface area contributed by atoms with Gasteiger partial charge >= 0.3 is 0 Å². The summed E-state index contributed by atoms with van der Waals surface area (Å²) in [6, 6.07) is 30.6. The van der Waals surface area contributed by atoms with Crippen molar-refractivity contribution in [2.75, 3.05) is 0 Å². The van der Waals surface area contributed by atoms with Gasteiger partial charge in [-0.15, -0.1) is 0 Å². The van der Waals surface area contributed by atoms with Crippen LogP contribution in [0.4, 0.5) is 0 Å². The van der Waals surface area contributed by atoms with Crippen LogP contribution in [0, 0.1) is 0 Å². The van der Waals surface area contributed by atoms with Gasteiger partial charge in [-0.2, -0.15) is 0 Å². The van der Waals surface area contributed by atoms with E-state index in [-0.39, 0.29) is 0 Å². The molecule has 5 rings (SSSR count). The fraction of sp³-hybridized carbons (Fsp3) is 0.222. The topological polar surface area (TPSA) is 12.9 Å². The number of hydrogen-bond acceptors (Lipinski definition) is 1. The SMILES string of the molecule is c1cc(-c2ccc(C3CCCCC3)cc2)cc(-c2ccc3ccccc3n2)c1. The molecule has 0 saturated heterocycles. The molecule has 138 valence electrons. The molecule has 1 aliphatic carbocycles. The molecule has 0 bridgehead atoms. The predicted molar refractivity (Wildman–Crippen MR) is 118 cm³/mol. The van der Waals surface area contributed by atoms with Gasteiger partial charge in [0.2, 0.25) is 0 Å². The van der Waals surface area contributed by atoms with E-state index in [1.54, 1.807) is 0 Å². The molecule has 1 heterocycles. The molecule has 3 aromatic carbocycles. The first-order valence-electron chi connectivity index (χ1n) is 10.4. The second kappa shape index (κ2) is 7.59. The lowest BCUT2D eigenvalue weighted by Crippen LogP contribution is -2.04. The van der Waals surface area contributed by atoms with Gasteiger partial charge in [-0.1, -0.05) is 86.0 Å². The van der Waals surface area contributed by atoms with Crippen LogP contribution in [0.1, 0.15) is 43.6 Å². The normalized spacial score (nSPS) is 15.0. The first-order valence-corrected chi connectivity index (χ1v) is 10.4. The molecule has 0 unspecified atom stereocenters. The van der Waals surface area contributed by atoms with E-state index in [1.807, 2.05) is 6.07 Å². The molecule has 1 aliphatic rings. The maximum atomic E-state index is 4.86. The number of nitrogens with zero attached hydrogens (tertiary/aromatic N) is 1. The quantitative estimate of drug-likeness (QED) is 0.365. The summed E-state index contributed by atoms with van der Waals surface area (Å²) in [5.41, 5.74) is 7.28. The summed E-state index contributed by atoms with van der Waals surface area (Å²) < 4.78 is 0. The maximum absolute atomic E-state index is 4.86. The van der Waals surface area contributed by atoms with Crippen molar-refractivity contribution in [3.8, 4) is 22.4 Å². The highest BCUT2D eigenvalue weighted by Gasteiger charge is 2.15. The molecule has 4 aromatic rings. The van der Waals surface area contributed by atoms with Gasteiger partial charge in [0.1, 0.15) is 0 Å². The Bertz CT molecular complexity index is 1090. The van der Waals surface area contributed by atoms with Crippen LogP contribution in [0.2, 0.25) is 0 Å². The summed E-state index contributed by atoms with van der Waals surface area (Å²) in [6.45, 7) is 0. The van der Waals surface area contributed by atoms with Crippen LogP contribution in [0.5, 0.6) is 0 Å². The van der Waals surface area contributed by atoms with Crippen LogP contribution in [-0.2, 0) is 0 Å². The molecule has 0 amide bonds. The minimum atomic E-state index is 0.760. The van der Waals surface area contributed by atoms with Crippen molar-refractivity contribution in [1.29, 1.82) is 0 Å². The van der Waals surface area contributed by atoms with E-state index in [1.165, 1.54) is 59.7 Å². The number of hydrogen-bond donors (Lipinski definition) is 0. The molecule has 0 spiro atoms. The van der Waals surface area contributed by atoms with Crippen molar-refractivity contribution in [3.05, 3.63) is 90.5 Å². The van der Waals surface area contributed by atoms with E-state index in [4.69, 9.17) is 4.98 Å². The van der Waals surface area contributed by atoms with Crippen molar-refractivity contribution in [3.63, 3.8) is 0 Å². The molecule has 28 heavy (non-hydrogen) atoms. The average Bonchev–Trinajstić information content (AvgIpc) is 2.79. The van der Waals surface area contributed by atoms with Crippen molar-refractivity contribution in [1.82, 2.24) is 4.98 Å². The summed E-state index contributed by atoms with van der Waals surface area (Å²) in [5, 5.41) is 1.18. The van der Waals surface area contributed by atoms with Crippen LogP contribution < -0.4 is 0 Å². The molecule has 0 N–H and O–H groups in total. The van der Waals surface area contributed by atoms with Gasteiger partial charge in [-0.25, -0.2) is 4.98 Å². The van der Waals surface area contributed by atoms with Crippen LogP contribution in [-0.4, -0.2) is 4.98 Å². The van der Waals surface area contributed by atoms with Gasteiger partial charge in [-0.3, -0.25) is 0 Å². The van der Waals surface area contributed by atoms with Crippen LogP contribution in [0.15, 0.2) is 84.9 Å². The zero-order chi connectivity index (χ0) is 18.8. The standard InChI is InChI=1S/C27H25N/c1-2-7-20(8-3-1)21-13-15-22(16-14-21)24-10-6-11-25(19-24)27-18-17-23-9-4-5-12-26(23)28-27/h4-6,9-20H,1-3,7-8H2. The Labute approximate surface area is 167 Å². The summed E-state index contributed by atoms with van der Waals surface area (Å²) in [5.74, 6) is 0.760. The number of benzene rings is 3. The molecule has 1 aromatic heterocycles. The first-order chi connectivity index (χ1) is 13.9. The highest BCUT2D eigenvalue weighted by atomic mass is 14.7. The lowest BCUT2D eigenvalue weighted by atomic mass is 9.83. The summed E-state index contributed by atoms with van der Waals surface area (Å²) >= 11 is 0. The Morgan fingerprint density at radius 3 is 2.25 bits per heavy atom. The van der Waals surface area contributed by atoms with Crippen molar-refractivity contribution < 1.29 is 0 Å². The van der Waals surface area contributed by atoms with Gasteiger partial charge < -0.3 is 0 Å². The van der Waals surface area contributed by atoms with Crippen molar-refractivity contribution in [2.24, 2.45) is 0 Å². The number of para-hydroxylation sites is 1. The Balaban J connectivity index is 1.44. The third-order valence-electron chi connectivity index (χ3n) is 6.08. The number of fused-ring (bicyclic) bond motifs is 1. The van der Waals surface area contributed by atoms with Gasteiger partial charge in [0.25, 0.3) is 0 Å². The minimum Gasteiger partial charge on any atom is -0.248 e. The van der Waals surface area contributed by atoms with E-state index in [9.17, 15) is 0 Å². The number of aromatic nitrogens is 1. The second-order valence-electron chi connectivity index (χ2n) is 7.93. The highest BCUT2D eigenvalue weighted by Crippen LogP contribution is 2.34. The minimum absolute atomic E-state index is 0.760. The average molecular weight is 364 g/mol. The monoisotopic (exact) mass is 363 g/mol. The highest BCUT2D eigenvalue weighted by molar-refractivity contribution is 5.82.